The van der Waals surface area contributed by atoms with Crippen LogP contribution in [0.4, 0.5) is 15.9 Å². The van der Waals surface area contributed by atoms with Crippen molar-refractivity contribution in [1.82, 2.24) is 4.98 Å². The molecule has 1 heterocycles. The van der Waals surface area contributed by atoms with Gasteiger partial charge in [0, 0.05) is 31.0 Å². The Labute approximate surface area is 123 Å². The molecule has 1 aromatic heterocycles. The van der Waals surface area contributed by atoms with E-state index in [0.29, 0.717) is 17.1 Å². The van der Waals surface area contributed by atoms with Crippen LogP contribution >= 0.6 is 0 Å². The average molecular weight is 287 g/mol. The standard InChI is InChI=1S/C16H18FN3O/c1-4-13-9-11(10-15(18-2)19-13)16(21)20(3)14-7-5-12(17)6-8-14/h5-10H,4H2,1-3H3,(H,18,19). The maximum atomic E-state index is 13.0. The smallest absolute Gasteiger partial charge is 0.258 e. The Balaban J connectivity index is 2.32. The number of benzene rings is 1. The number of hydrogen-bond donors (Lipinski definition) is 1. The Morgan fingerprint density at radius 3 is 2.52 bits per heavy atom. The van der Waals surface area contributed by atoms with Crippen LogP contribution in [0.2, 0.25) is 0 Å². The molecule has 0 saturated heterocycles. The SMILES string of the molecule is CCc1cc(C(=O)N(C)c2ccc(F)cc2)cc(NC)n1. The van der Waals surface area contributed by atoms with Crippen LogP contribution in [0.5, 0.6) is 0 Å². The van der Waals surface area contributed by atoms with Gasteiger partial charge in [-0.3, -0.25) is 4.79 Å². The second-order valence-electron chi connectivity index (χ2n) is 4.68. The first kappa shape index (κ1) is 15.0. The summed E-state index contributed by atoms with van der Waals surface area (Å²) in [7, 11) is 3.43. The molecule has 0 radical (unpaired) electrons. The summed E-state index contributed by atoms with van der Waals surface area (Å²) in [5.74, 6) is 0.176. The molecular weight excluding hydrogens is 269 g/mol. The first-order valence-electron chi connectivity index (χ1n) is 6.77. The van der Waals surface area contributed by atoms with E-state index in [2.05, 4.69) is 10.3 Å². The quantitative estimate of drug-likeness (QED) is 0.940. The van der Waals surface area contributed by atoms with Crippen molar-refractivity contribution in [3.63, 3.8) is 0 Å². The molecule has 0 fully saturated rings. The molecule has 0 atom stereocenters. The highest BCUT2D eigenvalue weighted by atomic mass is 19.1. The molecule has 1 aromatic carbocycles. The second kappa shape index (κ2) is 6.35. The number of nitrogens with zero attached hydrogens (tertiary/aromatic N) is 2. The maximum absolute atomic E-state index is 13.0. The van der Waals surface area contributed by atoms with Crippen LogP contribution in [0.1, 0.15) is 23.0 Å². The van der Waals surface area contributed by atoms with Crippen molar-refractivity contribution in [3.05, 3.63) is 53.5 Å². The topological polar surface area (TPSA) is 45.2 Å². The minimum Gasteiger partial charge on any atom is -0.373 e. The van der Waals surface area contributed by atoms with Crippen molar-refractivity contribution < 1.29 is 9.18 Å². The highest BCUT2D eigenvalue weighted by molar-refractivity contribution is 6.06. The maximum Gasteiger partial charge on any atom is 0.258 e. The molecule has 0 aliphatic heterocycles. The van der Waals surface area contributed by atoms with E-state index in [1.165, 1.54) is 17.0 Å². The van der Waals surface area contributed by atoms with Crippen LogP contribution in [0.25, 0.3) is 0 Å². The van der Waals surface area contributed by atoms with Crippen LogP contribution < -0.4 is 10.2 Å². The van der Waals surface area contributed by atoms with Gasteiger partial charge in [0.15, 0.2) is 0 Å². The minimum absolute atomic E-state index is 0.157. The van der Waals surface area contributed by atoms with Crippen LogP contribution in [0.3, 0.4) is 0 Å². The number of rotatable bonds is 4. The first-order chi connectivity index (χ1) is 10.0. The monoisotopic (exact) mass is 287 g/mol. The zero-order chi connectivity index (χ0) is 15.4. The normalized spacial score (nSPS) is 10.3. The Morgan fingerprint density at radius 2 is 1.95 bits per heavy atom. The number of carbonyl (C=O) groups excluding carboxylic acids is 1. The molecule has 0 aliphatic carbocycles. The van der Waals surface area contributed by atoms with E-state index < -0.39 is 0 Å². The van der Waals surface area contributed by atoms with E-state index in [-0.39, 0.29) is 11.7 Å². The van der Waals surface area contributed by atoms with Gasteiger partial charge < -0.3 is 10.2 Å². The van der Waals surface area contributed by atoms with Crippen molar-refractivity contribution in [1.29, 1.82) is 0 Å². The van der Waals surface area contributed by atoms with Gasteiger partial charge in [0.2, 0.25) is 0 Å². The summed E-state index contributed by atoms with van der Waals surface area (Å²) in [4.78, 5) is 18.4. The summed E-state index contributed by atoms with van der Waals surface area (Å²) in [6, 6.07) is 9.32. The van der Waals surface area contributed by atoms with Crippen molar-refractivity contribution in [2.75, 3.05) is 24.3 Å². The average Bonchev–Trinajstić information content (AvgIpc) is 2.53. The number of nitrogens with one attached hydrogen (secondary N) is 1. The summed E-state index contributed by atoms with van der Waals surface area (Å²) >= 11 is 0. The third-order valence-electron chi connectivity index (χ3n) is 3.26. The number of halogens is 1. The van der Waals surface area contributed by atoms with Gasteiger partial charge in [-0.25, -0.2) is 9.37 Å². The molecule has 2 aromatic rings. The van der Waals surface area contributed by atoms with Gasteiger partial charge in [-0.1, -0.05) is 6.92 Å². The number of amides is 1. The van der Waals surface area contributed by atoms with Gasteiger partial charge in [-0.05, 0) is 42.8 Å². The minimum atomic E-state index is -0.325. The van der Waals surface area contributed by atoms with Crippen LogP contribution in [-0.4, -0.2) is 25.0 Å². The zero-order valence-electron chi connectivity index (χ0n) is 12.4. The summed E-state index contributed by atoms with van der Waals surface area (Å²) in [6.45, 7) is 1.99. The van der Waals surface area contributed by atoms with Crippen LogP contribution in [0, 0.1) is 5.82 Å². The predicted octanol–water partition coefficient (Wildman–Crippen LogP) is 3.10. The zero-order valence-corrected chi connectivity index (χ0v) is 12.4. The molecular formula is C16H18FN3O. The van der Waals surface area contributed by atoms with E-state index >= 15 is 0 Å². The molecule has 0 bridgehead atoms. The van der Waals surface area contributed by atoms with Crippen LogP contribution in [0.15, 0.2) is 36.4 Å². The molecule has 1 N–H and O–H groups in total. The van der Waals surface area contributed by atoms with Gasteiger partial charge >= 0.3 is 0 Å². The fourth-order valence-corrected chi connectivity index (χ4v) is 2.00. The fraction of sp³-hybridized carbons (Fsp3) is 0.250. The Bertz CT molecular complexity index is 618. The molecule has 4 nitrogen and oxygen atoms in total. The summed E-state index contributed by atoms with van der Waals surface area (Å²) in [5, 5.41) is 2.95. The largest absolute Gasteiger partial charge is 0.373 e. The summed E-state index contributed by atoms with van der Waals surface area (Å²) in [6.07, 6.45) is 0.746. The van der Waals surface area contributed by atoms with E-state index in [1.807, 2.05) is 6.92 Å². The molecule has 21 heavy (non-hydrogen) atoms. The van der Waals surface area contributed by atoms with E-state index in [9.17, 15) is 9.18 Å². The van der Waals surface area contributed by atoms with Gasteiger partial charge in [-0.15, -0.1) is 0 Å². The van der Waals surface area contributed by atoms with E-state index in [0.717, 1.165) is 12.1 Å². The molecule has 2 rings (SSSR count). The lowest BCUT2D eigenvalue weighted by molar-refractivity contribution is 0.0993. The number of hydrogen-bond acceptors (Lipinski definition) is 3. The highest BCUT2D eigenvalue weighted by Gasteiger charge is 2.15. The third-order valence-corrected chi connectivity index (χ3v) is 3.26. The lowest BCUT2D eigenvalue weighted by atomic mass is 10.1. The number of aryl methyl sites for hydroxylation is 1. The Kier molecular flexibility index (Phi) is 4.52. The van der Waals surface area contributed by atoms with Crippen molar-refractivity contribution >= 4 is 17.4 Å². The van der Waals surface area contributed by atoms with Crippen LogP contribution in [-0.2, 0) is 6.42 Å². The Hall–Kier alpha value is -2.43. The molecule has 0 saturated carbocycles. The van der Waals surface area contributed by atoms with Gasteiger partial charge in [0.25, 0.3) is 5.91 Å². The molecule has 110 valence electrons. The molecule has 0 spiro atoms. The molecule has 1 amide bonds. The predicted molar refractivity (Wildman–Crippen MR) is 82.3 cm³/mol. The number of pyridine rings is 1. The van der Waals surface area contributed by atoms with Crippen molar-refractivity contribution in [2.45, 2.75) is 13.3 Å². The summed E-state index contributed by atoms with van der Waals surface area (Å²) < 4.78 is 13.0. The summed E-state index contributed by atoms with van der Waals surface area (Å²) in [5.41, 5.74) is 2.04. The van der Waals surface area contributed by atoms with Gasteiger partial charge in [0.1, 0.15) is 11.6 Å². The number of anilines is 2. The number of carbonyl (C=O) groups is 1. The Morgan fingerprint density at radius 1 is 1.29 bits per heavy atom. The number of aromatic nitrogens is 1. The third kappa shape index (κ3) is 3.37. The molecule has 0 aliphatic rings. The van der Waals surface area contributed by atoms with Gasteiger partial charge in [0.05, 0.1) is 0 Å². The van der Waals surface area contributed by atoms with E-state index in [1.54, 1.807) is 38.4 Å². The van der Waals surface area contributed by atoms with Gasteiger partial charge in [-0.2, -0.15) is 0 Å². The first-order valence-corrected chi connectivity index (χ1v) is 6.77. The van der Waals surface area contributed by atoms with Crippen molar-refractivity contribution in [3.8, 4) is 0 Å². The fourth-order valence-electron chi connectivity index (χ4n) is 2.00. The van der Waals surface area contributed by atoms with Crippen molar-refractivity contribution in [2.24, 2.45) is 0 Å². The molecule has 0 unspecified atom stereocenters. The second-order valence-corrected chi connectivity index (χ2v) is 4.68. The lowest BCUT2D eigenvalue weighted by Gasteiger charge is -2.18. The highest BCUT2D eigenvalue weighted by Crippen LogP contribution is 2.18. The molecule has 5 heteroatoms. The van der Waals surface area contributed by atoms with E-state index in [4.69, 9.17) is 0 Å². The lowest BCUT2D eigenvalue weighted by Crippen LogP contribution is -2.26.